The molecule has 1 saturated carbocycles. The lowest BCUT2D eigenvalue weighted by molar-refractivity contribution is 0.0561. The van der Waals surface area contributed by atoms with E-state index in [9.17, 15) is 0 Å². The van der Waals surface area contributed by atoms with Crippen molar-refractivity contribution < 1.29 is 4.74 Å². The van der Waals surface area contributed by atoms with Gasteiger partial charge in [0.2, 0.25) is 0 Å². The highest BCUT2D eigenvalue weighted by atomic mass is 16.5. The fourth-order valence-corrected chi connectivity index (χ4v) is 4.41. The Bertz CT molecular complexity index is 550. The second-order valence-electron chi connectivity index (χ2n) is 6.65. The predicted molar refractivity (Wildman–Crippen MR) is 84.7 cm³/mol. The van der Waals surface area contributed by atoms with Crippen LogP contribution in [0.3, 0.4) is 0 Å². The van der Waals surface area contributed by atoms with Crippen molar-refractivity contribution in [2.24, 2.45) is 5.92 Å². The lowest BCUT2D eigenvalue weighted by atomic mass is 10.0. The van der Waals surface area contributed by atoms with Crippen LogP contribution in [-0.2, 0) is 4.74 Å². The summed E-state index contributed by atoms with van der Waals surface area (Å²) < 4.78 is 5.87. The van der Waals surface area contributed by atoms with Gasteiger partial charge in [-0.15, -0.1) is 0 Å². The van der Waals surface area contributed by atoms with E-state index < -0.39 is 0 Å². The Hall–Kier alpha value is -1.64. The lowest BCUT2D eigenvalue weighted by Crippen LogP contribution is -2.43. The molecule has 3 atom stereocenters. The number of fused-ring (bicyclic) bond motifs is 1. The molecule has 1 aromatic rings. The Kier molecular flexibility index (Phi) is 3.09. The van der Waals surface area contributed by atoms with Crippen LogP contribution < -0.4 is 4.90 Å². The molecule has 0 bridgehead atoms. The molecule has 2 fully saturated rings. The van der Waals surface area contributed by atoms with Crippen molar-refractivity contribution in [2.75, 3.05) is 4.90 Å². The van der Waals surface area contributed by atoms with Crippen molar-refractivity contribution in [2.45, 2.75) is 58.0 Å². The molecule has 3 nitrogen and oxygen atoms in total. The number of nitrogens with zero attached hydrogens (tertiary/aromatic N) is 2. The Balaban J connectivity index is 1.75. The van der Waals surface area contributed by atoms with Crippen LogP contribution in [0.1, 0.15) is 38.2 Å². The molecule has 3 heteroatoms. The summed E-state index contributed by atoms with van der Waals surface area (Å²) in [6.45, 7) is 4.51. The third kappa shape index (κ3) is 1.94. The number of rotatable bonds is 2. The van der Waals surface area contributed by atoms with E-state index in [1.807, 2.05) is 6.26 Å². The molecule has 1 saturated heterocycles. The van der Waals surface area contributed by atoms with Gasteiger partial charge in [-0.1, -0.05) is 31.0 Å². The summed E-state index contributed by atoms with van der Waals surface area (Å²) in [6, 6.07) is 9.14. The van der Waals surface area contributed by atoms with Crippen molar-refractivity contribution in [3.05, 3.63) is 42.3 Å². The minimum atomic E-state index is 0.176. The number of hydrogen-bond donors (Lipinski definition) is 0. The molecule has 1 aliphatic carbocycles. The first-order chi connectivity index (χ1) is 10.3. The van der Waals surface area contributed by atoms with Crippen LogP contribution in [0.2, 0.25) is 0 Å². The van der Waals surface area contributed by atoms with Crippen LogP contribution in [0.15, 0.2) is 36.7 Å². The van der Waals surface area contributed by atoms with Gasteiger partial charge in [-0.25, -0.2) is 0 Å². The van der Waals surface area contributed by atoms with Crippen LogP contribution in [0.5, 0.6) is 0 Å². The summed E-state index contributed by atoms with van der Waals surface area (Å²) >= 11 is 0. The van der Waals surface area contributed by atoms with Crippen molar-refractivity contribution in [1.29, 1.82) is 0 Å². The molecule has 2 aliphatic heterocycles. The van der Waals surface area contributed by atoms with E-state index in [1.54, 1.807) is 0 Å². The van der Waals surface area contributed by atoms with Gasteiger partial charge in [0.25, 0.3) is 0 Å². The monoisotopic (exact) mass is 284 g/mol. The zero-order valence-corrected chi connectivity index (χ0v) is 12.9. The number of aryl methyl sites for hydroxylation is 1. The molecule has 3 aliphatic rings. The molecule has 0 spiro atoms. The number of para-hydroxylation sites is 1. The van der Waals surface area contributed by atoms with Gasteiger partial charge in [-0.3, -0.25) is 0 Å². The fourth-order valence-electron chi connectivity index (χ4n) is 4.41. The molecular weight excluding hydrogens is 260 g/mol. The normalized spacial score (nSPS) is 31.8. The number of ether oxygens (including phenoxy) is 1. The van der Waals surface area contributed by atoms with Gasteiger partial charge >= 0.3 is 0 Å². The zero-order valence-electron chi connectivity index (χ0n) is 12.9. The van der Waals surface area contributed by atoms with Crippen molar-refractivity contribution in [3.63, 3.8) is 0 Å². The van der Waals surface area contributed by atoms with Gasteiger partial charge < -0.3 is 14.5 Å². The number of hydrogen-bond acceptors (Lipinski definition) is 3. The Morgan fingerprint density at radius 1 is 1.14 bits per heavy atom. The average molecular weight is 284 g/mol. The minimum absolute atomic E-state index is 0.176. The molecule has 0 N–H and O–H groups in total. The lowest BCUT2D eigenvalue weighted by Gasteiger charge is -2.36. The molecule has 112 valence electrons. The van der Waals surface area contributed by atoms with E-state index in [2.05, 4.69) is 54.1 Å². The maximum atomic E-state index is 5.87. The third-order valence-corrected chi connectivity index (χ3v) is 5.40. The van der Waals surface area contributed by atoms with Crippen molar-refractivity contribution in [3.8, 4) is 0 Å². The van der Waals surface area contributed by atoms with E-state index in [-0.39, 0.29) is 6.23 Å². The first-order valence-electron chi connectivity index (χ1n) is 8.21. The van der Waals surface area contributed by atoms with Gasteiger partial charge in [0.15, 0.2) is 6.23 Å². The molecule has 21 heavy (non-hydrogen) atoms. The standard InChI is InChI=1S/C18H24N2O/c1-13-7-3-6-10-16(13)20-14(2)18-19(11-12-21-18)17(20)15-8-4-5-9-15/h3,6-7,10-12,14-15,17-18H,4-5,8-9H2,1-2H3/t14-,17?,18?/m0/s1. The van der Waals surface area contributed by atoms with Crippen molar-refractivity contribution >= 4 is 5.69 Å². The molecule has 0 aromatic heterocycles. The van der Waals surface area contributed by atoms with Crippen molar-refractivity contribution in [1.82, 2.24) is 4.90 Å². The van der Waals surface area contributed by atoms with E-state index in [0.717, 1.165) is 5.92 Å². The van der Waals surface area contributed by atoms with Gasteiger partial charge in [0, 0.05) is 11.9 Å². The maximum absolute atomic E-state index is 5.87. The quantitative estimate of drug-likeness (QED) is 0.820. The second kappa shape index (κ2) is 4.97. The SMILES string of the molecule is Cc1ccccc1N1C(C2CCCC2)N2C=COC2[C@@H]1C. The van der Waals surface area contributed by atoms with Crippen LogP contribution in [0.25, 0.3) is 0 Å². The molecule has 4 rings (SSSR count). The highest BCUT2D eigenvalue weighted by Gasteiger charge is 2.50. The molecule has 2 heterocycles. The van der Waals surface area contributed by atoms with Crippen LogP contribution in [-0.4, -0.2) is 23.3 Å². The summed E-state index contributed by atoms with van der Waals surface area (Å²) in [5, 5.41) is 0. The molecule has 0 amide bonds. The number of benzene rings is 1. The summed E-state index contributed by atoms with van der Waals surface area (Å²) in [6.07, 6.45) is 10.1. The summed E-state index contributed by atoms with van der Waals surface area (Å²) in [4.78, 5) is 5.06. The van der Waals surface area contributed by atoms with Crippen LogP contribution in [0.4, 0.5) is 5.69 Å². The Morgan fingerprint density at radius 3 is 2.67 bits per heavy atom. The largest absolute Gasteiger partial charge is 0.474 e. The Morgan fingerprint density at radius 2 is 1.90 bits per heavy atom. The second-order valence-corrected chi connectivity index (χ2v) is 6.65. The average Bonchev–Trinajstić information content (AvgIpc) is 3.19. The first-order valence-corrected chi connectivity index (χ1v) is 8.21. The van der Waals surface area contributed by atoms with Crippen LogP contribution >= 0.6 is 0 Å². The first kappa shape index (κ1) is 13.1. The highest BCUT2D eigenvalue weighted by molar-refractivity contribution is 5.56. The predicted octanol–water partition coefficient (Wildman–Crippen LogP) is 3.85. The molecule has 0 radical (unpaired) electrons. The topological polar surface area (TPSA) is 15.7 Å². The highest BCUT2D eigenvalue weighted by Crippen LogP contribution is 2.43. The Labute approximate surface area is 127 Å². The molecule has 1 aromatic carbocycles. The smallest absolute Gasteiger partial charge is 0.193 e. The fraction of sp³-hybridized carbons (Fsp3) is 0.556. The number of anilines is 1. The van der Waals surface area contributed by atoms with E-state index >= 15 is 0 Å². The minimum Gasteiger partial charge on any atom is -0.474 e. The zero-order chi connectivity index (χ0) is 14.4. The van der Waals surface area contributed by atoms with Gasteiger partial charge in [0.1, 0.15) is 12.4 Å². The summed E-state index contributed by atoms with van der Waals surface area (Å²) in [5.41, 5.74) is 2.73. The van der Waals surface area contributed by atoms with Gasteiger partial charge in [0.05, 0.1) is 6.04 Å². The van der Waals surface area contributed by atoms with Gasteiger partial charge in [-0.2, -0.15) is 0 Å². The molecule has 2 unspecified atom stereocenters. The van der Waals surface area contributed by atoms with Gasteiger partial charge in [-0.05, 0) is 44.2 Å². The molecular formula is C18H24N2O. The van der Waals surface area contributed by atoms with Crippen LogP contribution in [0, 0.1) is 12.8 Å². The third-order valence-electron chi connectivity index (χ3n) is 5.40. The summed E-state index contributed by atoms with van der Waals surface area (Å²) in [5.74, 6) is 0.753. The van der Waals surface area contributed by atoms with E-state index in [0.29, 0.717) is 12.2 Å². The van der Waals surface area contributed by atoms with E-state index in [4.69, 9.17) is 4.74 Å². The summed E-state index contributed by atoms with van der Waals surface area (Å²) in [7, 11) is 0. The van der Waals surface area contributed by atoms with E-state index in [1.165, 1.54) is 36.9 Å². The maximum Gasteiger partial charge on any atom is 0.193 e.